The first-order valence-electron chi connectivity index (χ1n) is 12.7. The fraction of sp³-hybridized carbons (Fsp3) is 0.286. The van der Waals surface area contributed by atoms with E-state index in [4.69, 9.17) is 0 Å². The van der Waals surface area contributed by atoms with Gasteiger partial charge in [0.25, 0.3) is 5.91 Å². The van der Waals surface area contributed by atoms with Gasteiger partial charge in [0.1, 0.15) is 11.6 Å². The zero-order valence-electron chi connectivity index (χ0n) is 21.3. The molecular formula is C28H31FN8O. The predicted octanol–water partition coefficient (Wildman–Crippen LogP) is 4.81. The number of aromatic amines is 1. The Bertz CT molecular complexity index is 1330. The van der Waals surface area contributed by atoms with E-state index in [0.29, 0.717) is 23.2 Å². The number of aromatic nitrogens is 4. The molecule has 1 amide bonds. The van der Waals surface area contributed by atoms with Crippen molar-refractivity contribution in [2.45, 2.75) is 19.4 Å². The maximum Gasteiger partial charge on any atom is 0.253 e. The molecule has 0 bridgehead atoms. The molecule has 38 heavy (non-hydrogen) atoms. The van der Waals surface area contributed by atoms with Crippen molar-refractivity contribution in [2.75, 3.05) is 37.3 Å². The fourth-order valence-electron chi connectivity index (χ4n) is 4.74. The first-order chi connectivity index (χ1) is 18.5. The molecule has 10 heteroatoms. The van der Waals surface area contributed by atoms with E-state index >= 15 is 0 Å². The van der Waals surface area contributed by atoms with Gasteiger partial charge >= 0.3 is 0 Å². The highest BCUT2D eigenvalue weighted by molar-refractivity contribution is 5.94. The average molecular weight is 515 g/mol. The summed E-state index contributed by atoms with van der Waals surface area (Å²) in [5, 5.41) is 13.4. The number of hydrogen-bond acceptors (Lipinski definition) is 7. The second kappa shape index (κ2) is 11.8. The lowest BCUT2D eigenvalue weighted by atomic mass is 9.96. The summed E-state index contributed by atoms with van der Waals surface area (Å²) in [6.45, 7) is 3.25. The van der Waals surface area contributed by atoms with Gasteiger partial charge in [-0.15, -0.1) is 0 Å². The van der Waals surface area contributed by atoms with Gasteiger partial charge in [-0.2, -0.15) is 10.1 Å². The third-order valence-electron chi connectivity index (χ3n) is 6.53. The van der Waals surface area contributed by atoms with Crippen LogP contribution in [0.25, 0.3) is 0 Å². The van der Waals surface area contributed by atoms with Crippen molar-refractivity contribution in [3.05, 3.63) is 90.1 Å². The summed E-state index contributed by atoms with van der Waals surface area (Å²) >= 11 is 0. The highest BCUT2D eigenvalue weighted by Crippen LogP contribution is 2.22. The van der Waals surface area contributed by atoms with Gasteiger partial charge in [0, 0.05) is 55.5 Å². The Morgan fingerprint density at radius 2 is 1.84 bits per heavy atom. The number of halogens is 1. The number of nitrogens with one attached hydrogen (secondary N) is 3. The van der Waals surface area contributed by atoms with Crippen molar-refractivity contribution < 1.29 is 9.18 Å². The Labute approximate surface area is 221 Å². The molecule has 4 aromatic rings. The molecule has 2 aromatic heterocycles. The zero-order chi connectivity index (χ0) is 26.3. The van der Waals surface area contributed by atoms with Gasteiger partial charge in [0.15, 0.2) is 0 Å². The average Bonchev–Trinajstić information content (AvgIpc) is 3.43. The van der Waals surface area contributed by atoms with Gasteiger partial charge < -0.3 is 20.4 Å². The molecule has 9 nitrogen and oxygen atoms in total. The second-order valence-electron chi connectivity index (χ2n) is 9.62. The number of amides is 1. The third-order valence-corrected chi connectivity index (χ3v) is 6.53. The van der Waals surface area contributed by atoms with Gasteiger partial charge in [0.05, 0.1) is 5.69 Å². The molecule has 1 unspecified atom stereocenters. The fourth-order valence-corrected chi connectivity index (χ4v) is 4.74. The molecule has 1 fully saturated rings. The van der Waals surface area contributed by atoms with Crippen molar-refractivity contribution >= 4 is 29.0 Å². The number of hydrogen-bond donors (Lipinski definition) is 3. The Hall–Kier alpha value is -4.31. The van der Waals surface area contributed by atoms with E-state index in [9.17, 15) is 9.18 Å². The van der Waals surface area contributed by atoms with Crippen LogP contribution in [0.1, 0.15) is 28.9 Å². The SMILES string of the molecule is CN(Cc1cc[nH]n1)CC1CCCN(C(=O)c2ccc(Nc3nccc(Nc4ccc(F)cc4)n3)cc2)C1. The molecule has 3 heterocycles. The first-order valence-corrected chi connectivity index (χ1v) is 12.7. The van der Waals surface area contributed by atoms with Crippen molar-refractivity contribution in [3.8, 4) is 0 Å². The molecule has 3 N–H and O–H groups in total. The maximum absolute atomic E-state index is 13.2. The minimum absolute atomic E-state index is 0.0537. The van der Waals surface area contributed by atoms with Crippen LogP contribution < -0.4 is 10.6 Å². The summed E-state index contributed by atoms with van der Waals surface area (Å²) in [7, 11) is 2.10. The molecule has 5 rings (SSSR count). The quantitative estimate of drug-likeness (QED) is 0.295. The minimum atomic E-state index is -0.295. The van der Waals surface area contributed by atoms with Gasteiger partial charge in [-0.25, -0.2) is 9.37 Å². The molecule has 196 valence electrons. The topological polar surface area (TPSA) is 102 Å². The Morgan fingerprint density at radius 3 is 2.61 bits per heavy atom. The highest BCUT2D eigenvalue weighted by atomic mass is 19.1. The van der Waals surface area contributed by atoms with Gasteiger partial charge in [-0.05, 0) is 86.5 Å². The normalized spacial score (nSPS) is 15.4. The van der Waals surface area contributed by atoms with Gasteiger partial charge in [0.2, 0.25) is 5.95 Å². The highest BCUT2D eigenvalue weighted by Gasteiger charge is 2.25. The van der Waals surface area contributed by atoms with E-state index in [1.807, 2.05) is 41.4 Å². The number of nitrogens with zero attached hydrogens (tertiary/aromatic N) is 5. The van der Waals surface area contributed by atoms with Crippen molar-refractivity contribution in [1.82, 2.24) is 30.0 Å². The summed E-state index contributed by atoms with van der Waals surface area (Å²) in [5.41, 5.74) is 3.18. The van der Waals surface area contributed by atoms with Crippen molar-refractivity contribution in [2.24, 2.45) is 5.92 Å². The lowest BCUT2D eigenvalue weighted by Crippen LogP contribution is -2.43. The smallest absolute Gasteiger partial charge is 0.253 e. The largest absolute Gasteiger partial charge is 0.340 e. The van der Waals surface area contributed by atoms with E-state index in [0.717, 1.165) is 56.1 Å². The van der Waals surface area contributed by atoms with Crippen LogP contribution in [-0.4, -0.2) is 62.6 Å². The number of carbonyl (C=O) groups excluding carboxylic acids is 1. The standard InChI is InChI=1S/C28H31FN8O/c1-36(19-25-12-15-31-35-25)17-20-3-2-16-37(18-20)27(38)21-4-8-24(9-5-21)33-28-30-14-13-26(34-28)32-23-10-6-22(29)7-11-23/h4-15,20H,2-3,16-19H2,1H3,(H,31,35)(H2,30,32,33,34). The second-order valence-corrected chi connectivity index (χ2v) is 9.62. The van der Waals surface area contributed by atoms with E-state index in [1.54, 1.807) is 24.4 Å². The Kier molecular flexibility index (Phi) is 7.89. The van der Waals surface area contributed by atoms with Crippen molar-refractivity contribution in [1.29, 1.82) is 0 Å². The summed E-state index contributed by atoms with van der Waals surface area (Å²) in [5.74, 6) is 1.18. The molecule has 2 aromatic carbocycles. The third kappa shape index (κ3) is 6.71. The van der Waals surface area contributed by atoms with Gasteiger partial charge in [-0.3, -0.25) is 9.89 Å². The number of anilines is 4. The molecule has 1 atom stereocenters. The molecular weight excluding hydrogens is 483 g/mol. The van der Waals surface area contributed by atoms with Crippen LogP contribution in [0, 0.1) is 11.7 Å². The molecule has 0 spiro atoms. The van der Waals surface area contributed by atoms with Crippen LogP contribution >= 0.6 is 0 Å². The molecule has 0 radical (unpaired) electrons. The summed E-state index contributed by atoms with van der Waals surface area (Å²) in [4.78, 5) is 26.2. The maximum atomic E-state index is 13.2. The minimum Gasteiger partial charge on any atom is -0.340 e. The van der Waals surface area contributed by atoms with Crippen LogP contribution in [0.4, 0.5) is 27.5 Å². The van der Waals surface area contributed by atoms with Crippen LogP contribution in [0.2, 0.25) is 0 Å². The predicted molar refractivity (Wildman–Crippen MR) is 145 cm³/mol. The lowest BCUT2D eigenvalue weighted by molar-refractivity contribution is 0.0646. The molecule has 1 saturated heterocycles. The monoisotopic (exact) mass is 514 g/mol. The summed E-state index contributed by atoms with van der Waals surface area (Å²) in [6, 6.07) is 17.2. The van der Waals surface area contributed by atoms with E-state index in [2.05, 4.69) is 42.7 Å². The van der Waals surface area contributed by atoms with E-state index in [-0.39, 0.29) is 11.7 Å². The number of piperidine rings is 1. The number of likely N-dealkylation sites (tertiary alicyclic amines) is 1. The van der Waals surface area contributed by atoms with Crippen molar-refractivity contribution in [3.63, 3.8) is 0 Å². The molecule has 1 aliphatic heterocycles. The number of rotatable bonds is 9. The number of benzene rings is 2. The van der Waals surface area contributed by atoms with E-state index in [1.165, 1.54) is 12.1 Å². The van der Waals surface area contributed by atoms with E-state index < -0.39 is 0 Å². The molecule has 0 aliphatic carbocycles. The van der Waals surface area contributed by atoms with Crippen LogP contribution in [0.15, 0.2) is 73.1 Å². The van der Waals surface area contributed by atoms with Crippen LogP contribution in [0.5, 0.6) is 0 Å². The molecule has 1 aliphatic rings. The Balaban J connectivity index is 1.15. The summed E-state index contributed by atoms with van der Waals surface area (Å²) < 4.78 is 13.1. The summed E-state index contributed by atoms with van der Waals surface area (Å²) in [6.07, 6.45) is 5.60. The zero-order valence-corrected chi connectivity index (χ0v) is 21.3. The van der Waals surface area contributed by atoms with Gasteiger partial charge in [-0.1, -0.05) is 0 Å². The number of carbonyl (C=O) groups is 1. The lowest BCUT2D eigenvalue weighted by Gasteiger charge is -2.34. The number of H-pyrrole nitrogens is 1. The van der Waals surface area contributed by atoms with Crippen LogP contribution in [0.3, 0.4) is 0 Å². The van der Waals surface area contributed by atoms with Crippen LogP contribution in [-0.2, 0) is 6.54 Å². The Morgan fingerprint density at radius 1 is 1.08 bits per heavy atom. The first kappa shape index (κ1) is 25.3. The molecule has 0 saturated carbocycles.